The Labute approximate surface area is 161 Å². The minimum absolute atomic E-state index is 0.0890. The molecule has 4 rings (SSSR count). The average Bonchev–Trinajstić information content (AvgIpc) is 3.30. The van der Waals surface area contributed by atoms with Crippen LogP contribution in [-0.2, 0) is 14.8 Å². The smallest absolute Gasteiger partial charge is 0.338 e. The highest BCUT2D eigenvalue weighted by molar-refractivity contribution is 7.93. The number of Topliss-reactive ketones (excluding diaryl/α,β-unsaturated/α-hetero) is 1. The number of ketones is 1. The molecule has 146 valence electrons. The number of hydrogen-bond donors (Lipinski definition) is 0. The van der Waals surface area contributed by atoms with Gasteiger partial charge in [-0.05, 0) is 42.8 Å². The van der Waals surface area contributed by atoms with Crippen LogP contribution in [-0.4, -0.2) is 45.9 Å². The van der Waals surface area contributed by atoms with Gasteiger partial charge in [-0.1, -0.05) is 6.07 Å². The van der Waals surface area contributed by atoms with Crippen LogP contribution in [0.25, 0.3) is 0 Å². The zero-order valence-corrected chi connectivity index (χ0v) is 15.6. The van der Waals surface area contributed by atoms with E-state index in [1.807, 2.05) is 0 Å². The van der Waals surface area contributed by atoms with Crippen molar-refractivity contribution in [3.8, 4) is 11.5 Å². The number of sulfonamides is 1. The van der Waals surface area contributed by atoms with Gasteiger partial charge in [0.2, 0.25) is 16.8 Å². The molecule has 0 aromatic heterocycles. The minimum atomic E-state index is -3.34. The van der Waals surface area contributed by atoms with Crippen LogP contribution in [0.5, 0.6) is 11.5 Å². The Kier molecular flexibility index (Phi) is 4.68. The lowest BCUT2D eigenvalue weighted by molar-refractivity contribution is 0.0475. The largest absolute Gasteiger partial charge is 0.454 e. The van der Waals surface area contributed by atoms with Gasteiger partial charge in [-0.3, -0.25) is 9.10 Å². The Bertz CT molecular complexity index is 1050. The normalized spacial score (nSPS) is 16.8. The Hall–Kier alpha value is -3.07. The molecule has 0 unspecified atom stereocenters. The molecular weight excluding hydrogens is 386 g/mol. The van der Waals surface area contributed by atoms with Gasteiger partial charge in [0.05, 0.1) is 17.0 Å². The Morgan fingerprint density at radius 3 is 2.64 bits per heavy atom. The maximum atomic E-state index is 12.3. The molecule has 0 spiro atoms. The lowest BCUT2D eigenvalue weighted by atomic mass is 10.1. The maximum absolute atomic E-state index is 12.3. The van der Waals surface area contributed by atoms with E-state index in [1.165, 1.54) is 22.5 Å². The molecule has 0 bridgehead atoms. The fourth-order valence-electron chi connectivity index (χ4n) is 3.09. The first kappa shape index (κ1) is 18.3. The molecular formula is C19H17NO7S. The van der Waals surface area contributed by atoms with E-state index in [2.05, 4.69) is 0 Å². The lowest BCUT2D eigenvalue weighted by Crippen LogP contribution is -2.25. The van der Waals surface area contributed by atoms with Crippen LogP contribution in [0.2, 0.25) is 0 Å². The molecule has 9 heteroatoms. The van der Waals surface area contributed by atoms with E-state index in [0.29, 0.717) is 35.7 Å². The third kappa shape index (κ3) is 3.53. The monoisotopic (exact) mass is 403 g/mol. The molecule has 0 saturated carbocycles. The van der Waals surface area contributed by atoms with Gasteiger partial charge in [-0.15, -0.1) is 0 Å². The Morgan fingerprint density at radius 2 is 1.86 bits per heavy atom. The predicted octanol–water partition coefficient (Wildman–Crippen LogP) is 1.99. The van der Waals surface area contributed by atoms with Crippen LogP contribution in [0.4, 0.5) is 5.69 Å². The number of nitrogens with zero attached hydrogens (tertiary/aromatic N) is 1. The molecule has 0 aliphatic carbocycles. The first-order valence-electron chi connectivity index (χ1n) is 8.64. The van der Waals surface area contributed by atoms with Gasteiger partial charge in [0.1, 0.15) is 0 Å². The van der Waals surface area contributed by atoms with Gasteiger partial charge in [0.25, 0.3) is 0 Å². The molecule has 2 aromatic carbocycles. The van der Waals surface area contributed by atoms with Gasteiger partial charge in [-0.2, -0.15) is 0 Å². The number of anilines is 1. The second kappa shape index (κ2) is 7.16. The average molecular weight is 403 g/mol. The van der Waals surface area contributed by atoms with Crippen LogP contribution in [0.1, 0.15) is 27.1 Å². The van der Waals surface area contributed by atoms with Gasteiger partial charge in [-0.25, -0.2) is 13.2 Å². The van der Waals surface area contributed by atoms with Crippen molar-refractivity contribution in [1.29, 1.82) is 0 Å². The highest BCUT2D eigenvalue weighted by atomic mass is 32.2. The van der Waals surface area contributed by atoms with Crippen molar-refractivity contribution in [1.82, 2.24) is 0 Å². The van der Waals surface area contributed by atoms with Crippen molar-refractivity contribution in [3.63, 3.8) is 0 Å². The molecule has 28 heavy (non-hydrogen) atoms. The summed E-state index contributed by atoms with van der Waals surface area (Å²) in [4.78, 5) is 24.6. The summed E-state index contributed by atoms with van der Waals surface area (Å²) in [6, 6.07) is 10.9. The molecule has 0 amide bonds. The summed E-state index contributed by atoms with van der Waals surface area (Å²) in [5.41, 5.74) is 0.932. The molecule has 0 N–H and O–H groups in total. The number of carbonyl (C=O) groups excluding carboxylic acids is 2. The number of rotatable bonds is 5. The fraction of sp³-hybridized carbons (Fsp3) is 0.263. The lowest BCUT2D eigenvalue weighted by Gasteiger charge is -2.17. The second-order valence-corrected chi connectivity index (χ2v) is 8.37. The molecule has 2 aliphatic heterocycles. The van der Waals surface area contributed by atoms with Crippen LogP contribution >= 0.6 is 0 Å². The predicted molar refractivity (Wildman–Crippen MR) is 99.4 cm³/mol. The number of carbonyl (C=O) groups is 2. The molecule has 0 atom stereocenters. The maximum Gasteiger partial charge on any atom is 0.338 e. The molecule has 1 fully saturated rings. The van der Waals surface area contributed by atoms with E-state index in [1.54, 1.807) is 24.3 Å². The van der Waals surface area contributed by atoms with E-state index in [9.17, 15) is 18.0 Å². The zero-order valence-electron chi connectivity index (χ0n) is 14.8. The third-order valence-electron chi connectivity index (χ3n) is 4.50. The van der Waals surface area contributed by atoms with Crippen molar-refractivity contribution in [3.05, 3.63) is 53.6 Å². The second-order valence-electron chi connectivity index (χ2n) is 6.36. The zero-order chi connectivity index (χ0) is 19.7. The number of benzene rings is 2. The summed E-state index contributed by atoms with van der Waals surface area (Å²) in [6.45, 7) is 0.0409. The van der Waals surface area contributed by atoms with Gasteiger partial charge >= 0.3 is 5.97 Å². The molecule has 2 aliphatic rings. The topological polar surface area (TPSA) is 99.2 Å². The van der Waals surface area contributed by atoms with Crippen molar-refractivity contribution < 1.29 is 32.2 Å². The highest BCUT2D eigenvalue weighted by Gasteiger charge is 2.29. The first-order chi connectivity index (χ1) is 13.4. The van der Waals surface area contributed by atoms with E-state index < -0.39 is 22.6 Å². The van der Waals surface area contributed by atoms with Crippen molar-refractivity contribution in [2.24, 2.45) is 0 Å². The number of esters is 1. The van der Waals surface area contributed by atoms with E-state index in [-0.39, 0.29) is 23.9 Å². The number of hydrogen-bond acceptors (Lipinski definition) is 7. The van der Waals surface area contributed by atoms with Crippen LogP contribution in [0, 0.1) is 0 Å². The first-order valence-corrected chi connectivity index (χ1v) is 10.3. The van der Waals surface area contributed by atoms with Crippen LogP contribution < -0.4 is 13.8 Å². The van der Waals surface area contributed by atoms with Gasteiger partial charge < -0.3 is 14.2 Å². The Balaban J connectivity index is 1.43. The highest BCUT2D eigenvalue weighted by Crippen LogP contribution is 2.32. The molecule has 2 aromatic rings. The minimum Gasteiger partial charge on any atom is -0.454 e. The van der Waals surface area contributed by atoms with Crippen molar-refractivity contribution in [2.45, 2.75) is 6.42 Å². The fourth-order valence-corrected chi connectivity index (χ4v) is 4.64. The third-order valence-corrected chi connectivity index (χ3v) is 6.37. The molecule has 0 radical (unpaired) electrons. The van der Waals surface area contributed by atoms with E-state index in [4.69, 9.17) is 14.2 Å². The quantitative estimate of drug-likeness (QED) is 0.556. The standard InChI is InChI=1S/C19H17NO7S/c21-16(13-5-6-17-18(10-13)27-12-26-17)11-25-19(22)14-3-1-4-15(9-14)20-7-2-8-28(20,23)24/h1,3-6,9-10H,2,7-8,11-12H2. The molecule has 2 heterocycles. The number of ether oxygens (including phenoxy) is 3. The van der Waals surface area contributed by atoms with Crippen LogP contribution in [0.15, 0.2) is 42.5 Å². The van der Waals surface area contributed by atoms with Crippen LogP contribution in [0.3, 0.4) is 0 Å². The molecule has 8 nitrogen and oxygen atoms in total. The van der Waals surface area contributed by atoms with Crippen molar-refractivity contribution >= 4 is 27.5 Å². The van der Waals surface area contributed by atoms with E-state index in [0.717, 1.165) is 0 Å². The summed E-state index contributed by atoms with van der Waals surface area (Å²) in [6.07, 6.45) is 0.543. The summed E-state index contributed by atoms with van der Waals surface area (Å²) in [5, 5.41) is 0. The number of fused-ring (bicyclic) bond motifs is 1. The summed E-state index contributed by atoms with van der Waals surface area (Å²) in [5.74, 6) is 0.0301. The molecule has 1 saturated heterocycles. The van der Waals surface area contributed by atoms with E-state index >= 15 is 0 Å². The van der Waals surface area contributed by atoms with Gasteiger partial charge in [0, 0.05) is 12.1 Å². The van der Waals surface area contributed by atoms with Crippen molar-refractivity contribution in [2.75, 3.05) is 30.0 Å². The van der Waals surface area contributed by atoms with Gasteiger partial charge in [0.15, 0.2) is 23.9 Å². The Morgan fingerprint density at radius 1 is 1.04 bits per heavy atom. The SMILES string of the molecule is O=C(COC(=O)c1cccc(N2CCCS2(=O)=O)c1)c1ccc2c(c1)OCO2. The summed E-state index contributed by atoms with van der Waals surface area (Å²) in [7, 11) is -3.34. The summed E-state index contributed by atoms with van der Waals surface area (Å²) < 4.78 is 40.9. The summed E-state index contributed by atoms with van der Waals surface area (Å²) >= 11 is 0.